The van der Waals surface area contributed by atoms with Crippen LogP contribution in [-0.4, -0.2) is 18.0 Å². The summed E-state index contributed by atoms with van der Waals surface area (Å²) in [7, 11) is 1.55. The number of rotatable bonds is 3. The van der Waals surface area contributed by atoms with Gasteiger partial charge < -0.3 is 4.74 Å². The maximum Gasteiger partial charge on any atom is 0.258 e. The fraction of sp³-hybridized carbons (Fsp3) is 0.0667. The number of hydrogen-bond acceptors (Lipinski definition) is 4. The summed E-state index contributed by atoms with van der Waals surface area (Å²) >= 11 is 13.4. The number of benzene rings is 2. The summed E-state index contributed by atoms with van der Waals surface area (Å²) in [6.07, 6.45) is 0. The van der Waals surface area contributed by atoms with E-state index in [1.807, 2.05) is 0 Å². The molecule has 0 aliphatic carbocycles. The molecule has 0 fully saturated rings. The van der Waals surface area contributed by atoms with Crippen molar-refractivity contribution in [3.63, 3.8) is 0 Å². The number of anilines is 1. The Bertz CT molecular complexity index is 864. The van der Waals surface area contributed by atoms with Crippen molar-refractivity contribution in [2.75, 3.05) is 12.4 Å². The Morgan fingerprint density at radius 3 is 2.73 bits per heavy atom. The van der Waals surface area contributed by atoms with Gasteiger partial charge >= 0.3 is 0 Å². The van der Waals surface area contributed by atoms with Crippen molar-refractivity contribution in [1.29, 1.82) is 0 Å². The first-order valence-corrected chi connectivity index (χ1v) is 7.85. The van der Waals surface area contributed by atoms with Crippen LogP contribution in [0.2, 0.25) is 10.0 Å². The molecule has 2 aromatic carbocycles. The van der Waals surface area contributed by atoms with Crippen molar-refractivity contribution in [1.82, 2.24) is 4.98 Å². The fourth-order valence-corrected chi connectivity index (χ4v) is 3.28. The van der Waals surface area contributed by atoms with E-state index in [9.17, 15) is 4.79 Å². The van der Waals surface area contributed by atoms with Gasteiger partial charge in [0.05, 0.1) is 32.9 Å². The summed E-state index contributed by atoms with van der Waals surface area (Å²) in [5, 5.41) is 4.09. The van der Waals surface area contributed by atoms with Gasteiger partial charge in [-0.05, 0) is 18.2 Å². The van der Waals surface area contributed by atoms with E-state index >= 15 is 0 Å². The number of fused-ring (bicyclic) bond motifs is 1. The Morgan fingerprint density at radius 2 is 2.00 bits per heavy atom. The molecule has 0 aliphatic heterocycles. The molecule has 0 aliphatic rings. The van der Waals surface area contributed by atoms with Gasteiger partial charge in [-0.1, -0.05) is 46.7 Å². The highest BCUT2D eigenvalue weighted by Crippen LogP contribution is 2.34. The van der Waals surface area contributed by atoms with E-state index in [4.69, 9.17) is 27.9 Å². The number of nitrogens with zero attached hydrogens (tertiary/aromatic N) is 1. The predicted molar refractivity (Wildman–Crippen MR) is 90.6 cm³/mol. The molecule has 1 amide bonds. The summed E-state index contributed by atoms with van der Waals surface area (Å²) in [6, 6.07) is 10.3. The Balaban J connectivity index is 1.91. The topological polar surface area (TPSA) is 51.2 Å². The van der Waals surface area contributed by atoms with Gasteiger partial charge in [-0.15, -0.1) is 0 Å². The zero-order valence-electron chi connectivity index (χ0n) is 11.4. The van der Waals surface area contributed by atoms with Crippen LogP contribution in [-0.2, 0) is 0 Å². The van der Waals surface area contributed by atoms with Crippen molar-refractivity contribution in [2.24, 2.45) is 0 Å². The number of methoxy groups -OCH3 is 1. The van der Waals surface area contributed by atoms with E-state index in [-0.39, 0.29) is 5.91 Å². The monoisotopic (exact) mass is 352 g/mol. The second kappa shape index (κ2) is 6.12. The van der Waals surface area contributed by atoms with E-state index in [0.29, 0.717) is 32.0 Å². The number of halogens is 2. The Labute approximate surface area is 140 Å². The zero-order chi connectivity index (χ0) is 15.7. The highest BCUT2D eigenvalue weighted by molar-refractivity contribution is 7.22. The number of carbonyl (C=O) groups is 1. The number of nitrogens with one attached hydrogen (secondary N) is 1. The SMILES string of the molecule is COc1cc2sc(NC(=O)c3ccccc3Cl)nc2cc1Cl. The van der Waals surface area contributed by atoms with Gasteiger partial charge in [0.15, 0.2) is 5.13 Å². The molecule has 1 N–H and O–H groups in total. The molecule has 0 radical (unpaired) electrons. The number of aromatic nitrogens is 1. The molecule has 1 aromatic heterocycles. The molecular weight excluding hydrogens is 343 g/mol. The second-order valence-corrected chi connectivity index (χ2v) is 6.25. The minimum Gasteiger partial charge on any atom is -0.495 e. The van der Waals surface area contributed by atoms with Gasteiger partial charge in [0.1, 0.15) is 5.75 Å². The number of ether oxygens (including phenoxy) is 1. The van der Waals surface area contributed by atoms with E-state index in [1.54, 1.807) is 43.5 Å². The number of hydrogen-bond donors (Lipinski definition) is 1. The maximum absolute atomic E-state index is 12.2. The quantitative estimate of drug-likeness (QED) is 0.731. The maximum atomic E-state index is 12.2. The van der Waals surface area contributed by atoms with Crippen LogP contribution in [0, 0.1) is 0 Å². The van der Waals surface area contributed by atoms with Crippen LogP contribution in [0.5, 0.6) is 5.75 Å². The standard InChI is InChI=1S/C15H10Cl2N2O2S/c1-21-12-7-13-11(6-10(12)17)18-15(22-13)19-14(20)8-4-2-3-5-9(8)16/h2-7H,1H3,(H,18,19,20). The van der Waals surface area contributed by atoms with Crippen molar-refractivity contribution >= 4 is 55.8 Å². The minimum absolute atomic E-state index is 0.303. The molecule has 0 unspecified atom stereocenters. The number of amides is 1. The summed E-state index contributed by atoms with van der Waals surface area (Å²) in [5.41, 5.74) is 1.10. The van der Waals surface area contributed by atoms with Crippen molar-refractivity contribution in [2.45, 2.75) is 0 Å². The van der Waals surface area contributed by atoms with Crippen LogP contribution in [0.3, 0.4) is 0 Å². The van der Waals surface area contributed by atoms with Crippen LogP contribution < -0.4 is 10.1 Å². The first-order chi connectivity index (χ1) is 10.6. The highest BCUT2D eigenvalue weighted by Gasteiger charge is 2.14. The third kappa shape index (κ3) is 2.88. The van der Waals surface area contributed by atoms with Gasteiger partial charge in [0, 0.05) is 6.07 Å². The van der Waals surface area contributed by atoms with Crippen molar-refractivity contribution in [3.05, 3.63) is 52.0 Å². The Morgan fingerprint density at radius 1 is 1.23 bits per heavy atom. The first kappa shape index (κ1) is 15.1. The smallest absolute Gasteiger partial charge is 0.258 e. The number of thiazole rings is 1. The average molecular weight is 353 g/mol. The fourth-order valence-electron chi connectivity index (χ4n) is 1.95. The van der Waals surface area contributed by atoms with Crippen LogP contribution in [0.25, 0.3) is 10.2 Å². The molecule has 7 heteroatoms. The van der Waals surface area contributed by atoms with Gasteiger partial charge in [0.25, 0.3) is 5.91 Å². The third-order valence-corrected chi connectivity index (χ3v) is 4.56. The molecule has 22 heavy (non-hydrogen) atoms. The van der Waals surface area contributed by atoms with Crippen LogP contribution in [0.4, 0.5) is 5.13 Å². The zero-order valence-corrected chi connectivity index (χ0v) is 13.7. The van der Waals surface area contributed by atoms with Gasteiger partial charge in [0.2, 0.25) is 0 Å². The Hall–Kier alpha value is -1.82. The first-order valence-electron chi connectivity index (χ1n) is 6.28. The van der Waals surface area contributed by atoms with Gasteiger partial charge in [-0.2, -0.15) is 0 Å². The van der Waals surface area contributed by atoms with E-state index < -0.39 is 0 Å². The molecule has 0 atom stereocenters. The summed E-state index contributed by atoms with van der Waals surface area (Å²) in [5.74, 6) is 0.268. The van der Waals surface area contributed by atoms with Gasteiger partial charge in [-0.25, -0.2) is 4.98 Å². The summed E-state index contributed by atoms with van der Waals surface area (Å²) < 4.78 is 6.04. The molecule has 0 saturated carbocycles. The summed E-state index contributed by atoms with van der Waals surface area (Å²) in [4.78, 5) is 16.6. The molecule has 4 nitrogen and oxygen atoms in total. The summed E-state index contributed by atoms with van der Waals surface area (Å²) in [6.45, 7) is 0. The lowest BCUT2D eigenvalue weighted by molar-refractivity contribution is 0.102. The highest BCUT2D eigenvalue weighted by atomic mass is 35.5. The second-order valence-electron chi connectivity index (χ2n) is 4.41. The largest absolute Gasteiger partial charge is 0.495 e. The van der Waals surface area contributed by atoms with Gasteiger partial charge in [-0.3, -0.25) is 10.1 Å². The predicted octanol–water partition coefficient (Wildman–Crippen LogP) is 4.86. The lowest BCUT2D eigenvalue weighted by Crippen LogP contribution is -2.11. The van der Waals surface area contributed by atoms with Crippen molar-refractivity contribution in [3.8, 4) is 5.75 Å². The third-order valence-electron chi connectivity index (χ3n) is 3.00. The van der Waals surface area contributed by atoms with E-state index in [2.05, 4.69) is 10.3 Å². The average Bonchev–Trinajstić information content (AvgIpc) is 2.87. The molecule has 0 bridgehead atoms. The van der Waals surface area contributed by atoms with E-state index in [0.717, 1.165) is 4.70 Å². The number of carbonyl (C=O) groups excluding carboxylic acids is 1. The van der Waals surface area contributed by atoms with Crippen LogP contribution in [0.1, 0.15) is 10.4 Å². The Kier molecular flexibility index (Phi) is 4.20. The molecule has 112 valence electrons. The lowest BCUT2D eigenvalue weighted by Gasteiger charge is -2.02. The lowest BCUT2D eigenvalue weighted by atomic mass is 10.2. The molecule has 3 aromatic rings. The molecule has 0 saturated heterocycles. The molecule has 0 spiro atoms. The molecular formula is C15H10Cl2N2O2S. The van der Waals surface area contributed by atoms with Crippen LogP contribution in [0.15, 0.2) is 36.4 Å². The normalized spacial score (nSPS) is 10.7. The molecule has 1 heterocycles. The molecule has 3 rings (SSSR count). The minimum atomic E-state index is -0.303. The van der Waals surface area contributed by atoms with Crippen LogP contribution >= 0.6 is 34.5 Å². The van der Waals surface area contributed by atoms with Crippen molar-refractivity contribution < 1.29 is 9.53 Å². The van der Waals surface area contributed by atoms with E-state index in [1.165, 1.54) is 11.3 Å².